The highest BCUT2D eigenvalue weighted by molar-refractivity contribution is 6.33. The van der Waals surface area contributed by atoms with Crippen LogP contribution in [-0.4, -0.2) is 75.3 Å². The van der Waals surface area contributed by atoms with Gasteiger partial charge in [0.15, 0.2) is 57.9 Å². The number of benzene rings is 10. The molecule has 20 rings (SSSR count). The number of nitrogens with zero attached hydrogens (tertiary/aromatic N) is 5. The lowest BCUT2D eigenvalue weighted by molar-refractivity contribution is -0.275. The molecule has 43 heteroatoms. The molecular formula is C104H64Cl7F17N10O9. The van der Waals surface area contributed by atoms with Crippen molar-refractivity contribution in [1.82, 2.24) is 49.8 Å². The number of alkyl halides is 15. The third-order valence-electron chi connectivity index (χ3n) is 21.2. The van der Waals surface area contributed by atoms with Crippen molar-refractivity contribution in [2.45, 2.75) is 59.3 Å². The van der Waals surface area contributed by atoms with Gasteiger partial charge >= 0.3 is 31.6 Å². The second kappa shape index (κ2) is 43.5. The SMILES string of the molecule is Cc1[nH]c(-c2ccc(-c3ccc(Cl)c(OC(F)(F)F)c3)o2)nc1-c1ccc(Cl)cc1.Cc1[nH]c(-c2ccc(-c3ccc(Cl)c(OC(F)(F)F)c3)o2)nc1-c1ccc(F)cc1.Cc1[nH]c(-c2ccc(-c3ccc(OC(F)(F)F)c(Cl)c3)o2)nc1-c1ccc(Cl)cc1.Cc1[nH]c(-c2ccc(-c3ccc(OC(F)(F)F)cc3)o2)nc1-c1ccc(Cl)cc1.Fc1ccc(-c2cnc(-c3ccc(-c4ccc(C(F)(F)F)c(Cl)c4)o3)[nH]2)cc1. The number of aryl methyl sites for hydroxylation is 4. The monoisotopic (exact) mass is 2160 g/mol. The number of aromatic amines is 5. The molecule has 10 aromatic heterocycles. The van der Waals surface area contributed by atoms with Crippen LogP contribution in [0.2, 0.25) is 35.2 Å². The molecule has 0 fully saturated rings. The first-order valence-electron chi connectivity index (χ1n) is 42.7. The van der Waals surface area contributed by atoms with E-state index in [4.69, 9.17) is 103 Å². The van der Waals surface area contributed by atoms with E-state index >= 15 is 0 Å². The summed E-state index contributed by atoms with van der Waals surface area (Å²) >= 11 is 41.1. The molecule has 0 spiro atoms. The van der Waals surface area contributed by atoms with Gasteiger partial charge in [0.2, 0.25) is 0 Å². The topological polar surface area (TPSA) is 246 Å². The van der Waals surface area contributed by atoms with Gasteiger partial charge in [0, 0.05) is 87.9 Å². The van der Waals surface area contributed by atoms with Crippen LogP contribution in [0.4, 0.5) is 74.6 Å². The van der Waals surface area contributed by atoms with E-state index in [-0.39, 0.29) is 32.5 Å². The molecule has 5 N–H and O–H groups in total. The van der Waals surface area contributed by atoms with Crippen molar-refractivity contribution in [3.63, 3.8) is 0 Å². The minimum absolute atomic E-state index is 0.155. The highest BCUT2D eigenvalue weighted by Crippen LogP contribution is 2.45. The van der Waals surface area contributed by atoms with Gasteiger partial charge in [-0.05, 0) is 270 Å². The van der Waals surface area contributed by atoms with Crippen LogP contribution in [0.25, 0.3) is 171 Å². The van der Waals surface area contributed by atoms with Gasteiger partial charge in [-0.2, -0.15) is 13.2 Å². The van der Waals surface area contributed by atoms with E-state index in [1.807, 2.05) is 64.1 Å². The van der Waals surface area contributed by atoms with Crippen molar-refractivity contribution in [3.05, 3.63) is 360 Å². The van der Waals surface area contributed by atoms with Crippen LogP contribution in [0, 0.1) is 39.3 Å². The van der Waals surface area contributed by atoms with Crippen molar-refractivity contribution < 1.29 is 116 Å². The Morgan fingerprint density at radius 2 is 0.517 bits per heavy atom. The molecule has 0 unspecified atom stereocenters. The normalized spacial score (nSPS) is 11.7. The Morgan fingerprint density at radius 3 is 0.844 bits per heavy atom. The Hall–Kier alpha value is -15.3. The Labute approximate surface area is 854 Å². The van der Waals surface area contributed by atoms with E-state index in [0.717, 1.165) is 85.9 Å². The molecule has 752 valence electrons. The first kappa shape index (κ1) is 105. The molecule has 0 atom stereocenters. The van der Waals surface area contributed by atoms with E-state index in [1.54, 1.807) is 134 Å². The van der Waals surface area contributed by atoms with Crippen molar-refractivity contribution in [2.24, 2.45) is 0 Å². The smallest absolute Gasteiger partial charge is 0.453 e. The third kappa shape index (κ3) is 26.7. The highest BCUT2D eigenvalue weighted by Gasteiger charge is 2.37. The molecule has 0 bridgehead atoms. The number of nitrogens with one attached hydrogen (secondary N) is 5. The zero-order valence-electron chi connectivity index (χ0n) is 75.1. The average Bonchev–Trinajstić information content (AvgIpc) is 1.47. The van der Waals surface area contributed by atoms with Gasteiger partial charge in [-0.3, -0.25) is 0 Å². The lowest BCUT2D eigenvalue weighted by atomic mass is 10.1. The van der Waals surface area contributed by atoms with Crippen LogP contribution in [-0.2, 0) is 6.18 Å². The largest absolute Gasteiger partial charge is 0.573 e. The second-order valence-corrected chi connectivity index (χ2v) is 34.5. The number of hydrogen-bond donors (Lipinski definition) is 5. The van der Waals surface area contributed by atoms with Crippen LogP contribution in [0.5, 0.6) is 23.0 Å². The predicted octanol–water partition coefficient (Wildman–Crippen LogP) is 35.7. The van der Waals surface area contributed by atoms with E-state index in [1.165, 1.54) is 97.1 Å². The molecule has 0 aliphatic heterocycles. The lowest BCUT2D eigenvalue weighted by Crippen LogP contribution is -2.17. The number of rotatable bonds is 19. The van der Waals surface area contributed by atoms with Crippen LogP contribution in [0.1, 0.15) is 28.3 Å². The molecule has 0 saturated carbocycles. The van der Waals surface area contributed by atoms with E-state index in [9.17, 15) is 74.6 Å². The standard InChI is InChI=1S/2C21H13Cl2F3N2O2.C21H13ClF4N2O2.C21H14ClF3N2O2.C20H11ClF4N2O/c1-11-19(12-2-5-14(22)6-3-12)28-20(27-11)18-9-8-16(29-18)13-4-7-17(15(23)10-13)30-21(24,25)26;1-11-19(12-2-5-14(22)6-3-12)28-20(27-11)17-9-8-16(29-17)13-4-7-15(23)18(10-13)30-21(24,25)26;1-11-19(12-2-5-14(23)6-3-12)28-20(27-11)17-9-8-16(29-17)13-4-7-15(22)18(10-13)30-21(24,25)26;1-12-19(14-2-6-15(22)7-3-14)27-20(26-12)18-11-10-17(28-18)13-4-8-16(9-5-13)29-21(23,24)25;21-15-9-12(3-6-14(15)20(23,24)25)17-7-8-18(28-17)19-26-10-16(27-19)11-1-4-13(22)5-2-11/h3*2-10H,1H3,(H,27,28);2-11H,1H3,(H,26,27);1-10H,(H,26,27). The molecule has 0 aliphatic rings. The van der Waals surface area contributed by atoms with Gasteiger partial charge < -0.3 is 66.0 Å². The van der Waals surface area contributed by atoms with Crippen LogP contribution < -0.4 is 18.9 Å². The molecule has 0 radical (unpaired) electrons. The maximum absolute atomic E-state index is 13.2. The Balaban J connectivity index is 0.000000131. The summed E-state index contributed by atoms with van der Waals surface area (Å²) in [4.78, 5) is 38.2. The minimum Gasteiger partial charge on any atom is -0.453 e. The maximum Gasteiger partial charge on any atom is 0.573 e. The van der Waals surface area contributed by atoms with E-state index in [0.29, 0.717) is 141 Å². The van der Waals surface area contributed by atoms with Crippen LogP contribution >= 0.6 is 81.2 Å². The molecule has 0 amide bonds. The van der Waals surface area contributed by atoms with Crippen molar-refractivity contribution in [3.8, 4) is 194 Å². The number of furan rings is 5. The van der Waals surface area contributed by atoms with Gasteiger partial charge in [-0.15, -0.1) is 52.7 Å². The summed E-state index contributed by atoms with van der Waals surface area (Å²) in [6, 6.07) is 71.3. The average molecular weight is 2170 g/mol. The fourth-order valence-electron chi connectivity index (χ4n) is 14.5. The molecule has 20 aromatic rings. The molecule has 10 aromatic carbocycles. The molecule has 0 saturated heterocycles. The van der Waals surface area contributed by atoms with Gasteiger partial charge in [0.25, 0.3) is 0 Å². The summed E-state index contributed by atoms with van der Waals surface area (Å²) in [7, 11) is 0. The quantitative estimate of drug-likeness (QED) is 0.0473. The van der Waals surface area contributed by atoms with Gasteiger partial charge in [-0.1, -0.05) is 124 Å². The second-order valence-electron chi connectivity index (χ2n) is 31.6. The van der Waals surface area contributed by atoms with E-state index < -0.39 is 59.5 Å². The molecule has 147 heavy (non-hydrogen) atoms. The number of halogens is 24. The van der Waals surface area contributed by atoms with Crippen molar-refractivity contribution in [1.29, 1.82) is 0 Å². The molecule has 10 heterocycles. The molecular weight excluding hydrogens is 2100 g/mol. The zero-order chi connectivity index (χ0) is 105. The lowest BCUT2D eigenvalue weighted by Gasteiger charge is -2.11. The Morgan fingerprint density at radius 1 is 0.245 bits per heavy atom. The number of H-pyrrole nitrogens is 5. The van der Waals surface area contributed by atoms with Gasteiger partial charge in [-0.25, -0.2) is 33.7 Å². The van der Waals surface area contributed by atoms with Crippen LogP contribution in [0.15, 0.2) is 307 Å². The van der Waals surface area contributed by atoms with Crippen LogP contribution in [0.3, 0.4) is 0 Å². The number of ether oxygens (including phenoxy) is 4. The fourth-order valence-corrected chi connectivity index (χ4v) is 15.7. The molecule has 0 aliphatic carbocycles. The van der Waals surface area contributed by atoms with Crippen molar-refractivity contribution >= 4 is 81.2 Å². The summed E-state index contributed by atoms with van der Waals surface area (Å²) in [5.41, 5.74) is 12.4. The minimum atomic E-state index is -4.86. The van der Waals surface area contributed by atoms with E-state index in [2.05, 4.69) is 68.8 Å². The highest BCUT2D eigenvalue weighted by atomic mass is 35.5. The summed E-state index contributed by atoms with van der Waals surface area (Å²) in [5, 5.41) is 0.990. The first-order chi connectivity index (χ1) is 69.7. The number of hydrogen-bond acceptors (Lipinski definition) is 14. The van der Waals surface area contributed by atoms with Crippen molar-refractivity contribution in [2.75, 3.05) is 0 Å². The maximum atomic E-state index is 13.2. The Kier molecular flexibility index (Phi) is 31.0. The predicted molar refractivity (Wildman–Crippen MR) is 521 cm³/mol. The summed E-state index contributed by atoms with van der Waals surface area (Å²) in [6.07, 6.45) is -22.2. The Bertz CT molecular complexity index is 7830. The molecule has 19 nitrogen and oxygen atoms in total. The fraction of sp³-hybridized carbons (Fsp3) is 0.0865. The van der Waals surface area contributed by atoms with Gasteiger partial charge in [0.05, 0.1) is 60.3 Å². The number of aromatic nitrogens is 10. The summed E-state index contributed by atoms with van der Waals surface area (Å²) < 4.78 is 259. The zero-order valence-corrected chi connectivity index (χ0v) is 80.4. The third-order valence-corrected chi connectivity index (χ3v) is 23.2. The number of imidazole rings is 5. The van der Waals surface area contributed by atoms with Gasteiger partial charge in [0.1, 0.15) is 63.4 Å². The summed E-state index contributed by atoms with van der Waals surface area (Å²) in [6.45, 7) is 7.50. The summed E-state index contributed by atoms with van der Waals surface area (Å²) in [5.74, 6) is 4.08. The first-order valence-corrected chi connectivity index (χ1v) is 45.3.